The van der Waals surface area contributed by atoms with Gasteiger partial charge in [-0.3, -0.25) is 4.79 Å². The Kier molecular flexibility index (Phi) is 5.97. The molecule has 2 rings (SSSR count). The highest BCUT2D eigenvalue weighted by Crippen LogP contribution is 2.09. The first-order valence-electron chi connectivity index (χ1n) is 7.34. The van der Waals surface area contributed by atoms with Gasteiger partial charge in [0.1, 0.15) is 18.1 Å². The Hall–Kier alpha value is -2.34. The van der Waals surface area contributed by atoms with Gasteiger partial charge >= 0.3 is 0 Å². The van der Waals surface area contributed by atoms with E-state index in [1.165, 1.54) is 0 Å². The molecule has 6 nitrogen and oxygen atoms in total. The average molecular weight is 303 g/mol. The van der Waals surface area contributed by atoms with Gasteiger partial charge in [-0.15, -0.1) is 0 Å². The minimum Gasteiger partial charge on any atom is -0.492 e. The minimum atomic E-state index is -0.295. The van der Waals surface area contributed by atoms with E-state index in [0.29, 0.717) is 31.2 Å². The van der Waals surface area contributed by atoms with Gasteiger partial charge < -0.3 is 19.9 Å². The van der Waals surface area contributed by atoms with Crippen LogP contribution in [0.5, 0.6) is 5.75 Å². The van der Waals surface area contributed by atoms with Crippen molar-refractivity contribution in [3.8, 4) is 5.75 Å². The van der Waals surface area contributed by atoms with Gasteiger partial charge in [-0.2, -0.15) is 0 Å². The third-order valence-electron chi connectivity index (χ3n) is 3.11. The maximum Gasteiger partial charge on any atom is 0.242 e. The van der Waals surface area contributed by atoms with E-state index in [4.69, 9.17) is 9.26 Å². The van der Waals surface area contributed by atoms with Gasteiger partial charge in [0.2, 0.25) is 5.91 Å². The van der Waals surface area contributed by atoms with Crippen molar-refractivity contribution >= 4 is 11.7 Å². The molecule has 22 heavy (non-hydrogen) atoms. The van der Waals surface area contributed by atoms with E-state index in [1.807, 2.05) is 37.3 Å². The normalized spacial score (nSPS) is 11.9. The van der Waals surface area contributed by atoms with Crippen molar-refractivity contribution in [2.75, 3.05) is 18.5 Å². The molecule has 6 heteroatoms. The molecule has 2 N–H and O–H groups in total. The number of anilines is 1. The van der Waals surface area contributed by atoms with Crippen LogP contribution in [-0.2, 0) is 4.79 Å². The van der Waals surface area contributed by atoms with Crippen LogP contribution in [0, 0.1) is 6.92 Å². The maximum atomic E-state index is 12.1. The van der Waals surface area contributed by atoms with Crippen molar-refractivity contribution in [3.63, 3.8) is 0 Å². The number of hydrogen-bond donors (Lipinski definition) is 2. The number of carbonyl (C=O) groups excluding carboxylic acids is 1. The zero-order valence-corrected chi connectivity index (χ0v) is 12.8. The van der Waals surface area contributed by atoms with E-state index in [-0.39, 0.29) is 11.9 Å². The van der Waals surface area contributed by atoms with Crippen LogP contribution < -0.4 is 15.4 Å². The summed E-state index contributed by atoms with van der Waals surface area (Å²) in [6.45, 7) is 4.80. The van der Waals surface area contributed by atoms with Crippen LogP contribution >= 0.6 is 0 Å². The van der Waals surface area contributed by atoms with Crippen LogP contribution in [0.15, 0.2) is 40.9 Å². The summed E-state index contributed by atoms with van der Waals surface area (Å²) in [5.74, 6) is 1.78. The van der Waals surface area contributed by atoms with Crippen molar-refractivity contribution in [1.82, 2.24) is 10.5 Å². The van der Waals surface area contributed by atoms with E-state index >= 15 is 0 Å². The highest BCUT2D eigenvalue weighted by Gasteiger charge is 2.17. The molecule has 0 bridgehead atoms. The molecule has 0 saturated carbocycles. The van der Waals surface area contributed by atoms with Gasteiger partial charge in [0, 0.05) is 12.6 Å². The molecule has 1 heterocycles. The van der Waals surface area contributed by atoms with Gasteiger partial charge in [0.15, 0.2) is 5.82 Å². The molecule has 0 aliphatic rings. The monoisotopic (exact) mass is 303 g/mol. The smallest absolute Gasteiger partial charge is 0.242 e. The highest BCUT2D eigenvalue weighted by molar-refractivity contribution is 5.93. The lowest BCUT2D eigenvalue weighted by Gasteiger charge is -2.16. The molecular formula is C16H21N3O3. The molecule has 2 aromatic rings. The average Bonchev–Trinajstić information content (AvgIpc) is 2.93. The zero-order chi connectivity index (χ0) is 15.8. The van der Waals surface area contributed by atoms with Crippen LogP contribution in [0.4, 0.5) is 5.82 Å². The van der Waals surface area contributed by atoms with Crippen LogP contribution in [0.1, 0.15) is 19.1 Å². The van der Waals surface area contributed by atoms with Crippen molar-refractivity contribution in [1.29, 1.82) is 0 Å². The lowest BCUT2D eigenvalue weighted by Crippen LogP contribution is -2.41. The van der Waals surface area contributed by atoms with Crippen molar-refractivity contribution in [2.45, 2.75) is 26.3 Å². The van der Waals surface area contributed by atoms with Crippen molar-refractivity contribution < 1.29 is 14.1 Å². The minimum absolute atomic E-state index is 0.129. The molecule has 118 valence electrons. The summed E-state index contributed by atoms with van der Waals surface area (Å²) in [6, 6.07) is 11.0. The van der Waals surface area contributed by atoms with E-state index in [2.05, 4.69) is 15.8 Å². The standard InChI is InChI=1S/C16H21N3O3/c1-3-14(16(20)18-15-11-12(2)22-19-15)17-9-10-21-13-7-5-4-6-8-13/h4-8,11,14,17H,3,9-10H2,1-2H3,(H,18,19,20)/t14-/m0/s1. The second-order valence-electron chi connectivity index (χ2n) is 4.89. The van der Waals surface area contributed by atoms with Gasteiger partial charge in [-0.25, -0.2) is 0 Å². The number of nitrogens with zero attached hydrogens (tertiary/aromatic N) is 1. The Balaban J connectivity index is 1.73. The SMILES string of the molecule is CC[C@H](NCCOc1ccccc1)C(=O)Nc1cc(C)on1. The number of benzene rings is 1. The van der Waals surface area contributed by atoms with Gasteiger partial charge in [0.05, 0.1) is 6.04 Å². The Morgan fingerprint density at radius 1 is 1.36 bits per heavy atom. The number of para-hydroxylation sites is 1. The van der Waals surface area contributed by atoms with Crippen LogP contribution in [0.25, 0.3) is 0 Å². The van der Waals surface area contributed by atoms with Gasteiger partial charge in [0.25, 0.3) is 0 Å². The Labute approximate surface area is 129 Å². The molecule has 0 unspecified atom stereocenters. The number of nitrogens with one attached hydrogen (secondary N) is 2. The van der Waals surface area contributed by atoms with Crippen LogP contribution in [0.2, 0.25) is 0 Å². The van der Waals surface area contributed by atoms with E-state index in [0.717, 1.165) is 5.75 Å². The van der Waals surface area contributed by atoms with E-state index in [9.17, 15) is 4.79 Å². The van der Waals surface area contributed by atoms with E-state index < -0.39 is 0 Å². The fraction of sp³-hybridized carbons (Fsp3) is 0.375. The predicted molar refractivity (Wildman–Crippen MR) is 83.9 cm³/mol. The molecule has 0 aliphatic carbocycles. The van der Waals surface area contributed by atoms with Crippen molar-refractivity contribution in [3.05, 3.63) is 42.2 Å². The first-order valence-corrected chi connectivity index (χ1v) is 7.34. The summed E-state index contributed by atoms with van der Waals surface area (Å²) in [7, 11) is 0. The Bertz CT molecular complexity index is 583. The largest absolute Gasteiger partial charge is 0.492 e. The molecular weight excluding hydrogens is 282 g/mol. The molecule has 1 aromatic carbocycles. The van der Waals surface area contributed by atoms with Gasteiger partial charge in [-0.1, -0.05) is 30.3 Å². The highest BCUT2D eigenvalue weighted by atomic mass is 16.5. The molecule has 0 fully saturated rings. The third-order valence-corrected chi connectivity index (χ3v) is 3.11. The summed E-state index contributed by atoms with van der Waals surface area (Å²) in [4.78, 5) is 12.1. The molecule has 0 saturated heterocycles. The lowest BCUT2D eigenvalue weighted by molar-refractivity contribution is -0.118. The van der Waals surface area contributed by atoms with Crippen LogP contribution in [-0.4, -0.2) is 30.3 Å². The first kappa shape index (κ1) is 16.0. The summed E-state index contributed by atoms with van der Waals surface area (Å²) in [5.41, 5.74) is 0. The van der Waals surface area contributed by atoms with Crippen LogP contribution in [0.3, 0.4) is 0 Å². The molecule has 0 aliphatic heterocycles. The Morgan fingerprint density at radius 2 is 2.14 bits per heavy atom. The third kappa shape index (κ3) is 4.89. The fourth-order valence-electron chi connectivity index (χ4n) is 1.98. The molecule has 0 radical (unpaired) electrons. The number of amides is 1. The lowest BCUT2D eigenvalue weighted by atomic mass is 10.2. The topological polar surface area (TPSA) is 76.4 Å². The number of carbonyl (C=O) groups is 1. The number of aromatic nitrogens is 1. The summed E-state index contributed by atoms with van der Waals surface area (Å²) >= 11 is 0. The Morgan fingerprint density at radius 3 is 2.77 bits per heavy atom. The summed E-state index contributed by atoms with van der Waals surface area (Å²) in [5, 5.41) is 9.65. The molecule has 1 amide bonds. The molecule has 1 atom stereocenters. The fourth-order valence-corrected chi connectivity index (χ4v) is 1.98. The quantitative estimate of drug-likeness (QED) is 0.732. The number of ether oxygens (including phenoxy) is 1. The summed E-state index contributed by atoms with van der Waals surface area (Å²) < 4.78 is 10.5. The first-order chi connectivity index (χ1) is 10.7. The van der Waals surface area contributed by atoms with Crippen molar-refractivity contribution in [2.24, 2.45) is 0 Å². The second-order valence-corrected chi connectivity index (χ2v) is 4.89. The zero-order valence-electron chi connectivity index (χ0n) is 12.8. The second kappa shape index (κ2) is 8.19. The molecule has 1 aromatic heterocycles. The maximum absolute atomic E-state index is 12.1. The van der Waals surface area contributed by atoms with Gasteiger partial charge in [-0.05, 0) is 25.5 Å². The van der Waals surface area contributed by atoms with E-state index in [1.54, 1.807) is 13.0 Å². The summed E-state index contributed by atoms with van der Waals surface area (Å²) in [6.07, 6.45) is 0.675. The predicted octanol–water partition coefficient (Wildman–Crippen LogP) is 2.37. The number of rotatable bonds is 8. The number of aryl methyl sites for hydroxylation is 1. The molecule has 0 spiro atoms. The number of hydrogen-bond acceptors (Lipinski definition) is 5.